The maximum Gasteiger partial charge on any atom is 0.281 e. The SMILES string of the molecule is Cc1c(C)c(C)c2c([C-](C)C)c(C)c(=O)oc2c1C.[Y]. The minimum Gasteiger partial charge on any atom is -0.445 e. The van der Waals surface area contributed by atoms with E-state index < -0.39 is 0 Å². The molecule has 0 bridgehead atoms. The molecular formula is C17H21O2Y-. The van der Waals surface area contributed by atoms with E-state index in [-0.39, 0.29) is 38.3 Å². The van der Waals surface area contributed by atoms with Crippen LogP contribution in [0.2, 0.25) is 0 Å². The third-order valence-electron chi connectivity index (χ3n) is 4.26. The second-order valence-electron chi connectivity index (χ2n) is 5.59. The Kier molecular flexibility index (Phi) is 5.26. The summed E-state index contributed by atoms with van der Waals surface area (Å²) in [5.74, 6) is 1.15. The van der Waals surface area contributed by atoms with Gasteiger partial charge in [0.15, 0.2) is 0 Å². The van der Waals surface area contributed by atoms with E-state index in [0.717, 1.165) is 28.0 Å². The van der Waals surface area contributed by atoms with E-state index in [9.17, 15) is 4.79 Å². The van der Waals surface area contributed by atoms with Crippen LogP contribution >= 0.6 is 0 Å². The summed E-state index contributed by atoms with van der Waals surface area (Å²) in [7, 11) is 0. The van der Waals surface area contributed by atoms with Gasteiger partial charge in [0.25, 0.3) is 5.63 Å². The van der Waals surface area contributed by atoms with Gasteiger partial charge in [-0.3, -0.25) is 4.79 Å². The zero-order chi connectivity index (χ0) is 14.5. The molecule has 0 amide bonds. The van der Waals surface area contributed by atoms with Crippen LogP contribution in [0.3, 0.4) is 0 Å². The van der Waals surface area contributed by atoms with Gasteiger partial charge in [-0.15, -0.1) is 0 Å². The minimum absolute atomic E-state index is 0. The molecule has 0 aliphatic carbocycles. The Balaban J connectivity index is 0.00000200. The smallest absolute Gasteiger partial charge is 0.281 e. The fraction of sp³-hybridized carbons (Fsp3) is 0.412. The Bertz CT molecular complexity index is 724. The first kappa shape index (κ1) is 17.5. The van der Waals surface area contributed by atoms with Gasteiger partial charge in [0.1, 0.15) is 0 Å². The van der Waals surface area contributed by atoms with Crippen LogP contribution in [-0.2, 0) is 32.7 Å². The molecule has 1 heterocycles. The van der Waals surface area contributed by atoms with Crippen LogP contribution in [-0.4, -0.2) is 0 Å². The first-order valence-electron chi connectivity index (χ1n) is 6.61. The Morgan fingerprint density at radius 3 is 1.80 bits per heavy atom. The Morgan fingerprint density at radius 2 is 1.30 bits per heavy atom. The number of benzene rings is 1. The number of aryl methyl sites for hydroxylation is 2. The first-order chi connectivity index (χ1) is 8.77. The molecule has 0 aliphatic heterocycles. The Morgan fingerprint density at radius 1 is 0.800 bits per heavy atom. The average Bonchev–Trinajstić information content (AvgIpc) is 2.35. The first-order valence-corrected chi connectivity index (χ1v) is 6.61. The molecule has 0 saturated heterocycles. The molecule has 1 aromatic carbocycles. The second kappa shape index (κ2) is 6.03. The maximum absolute atomic E-state index is 12.0. The van der Waals surface area contributed by atoms with Crippen molar-refractivity contribution in [2.75, 3.05) is 0 Å². The van der Waals surface area contributed by atoms with Crippen molar-refractivity contribution in [3.05, 3.63) is 49.7 Å². The van der Waals surface area contributed by atoms with Crippen molar-refractivity contribution in [1.82, 2.24) is 0 Å². The number of hydrogen-bond acceptors (Lipinski definition) is 2. The van der Waals surface area contributed by atoms with Crippen LogP contribution in [0.25, 0.3) is 11.0 Å². The number of hydrogen-bond donors (Lipinski definition) is 0. The van der Waals surface area contributed by atoms with E-state index in [4.69, 9.17) is 4.42 Å². The van der Waals surface area contributed by atoms with E-state index >= 15 is 0 Å². The molecule has 0 aliphatic rings. The van der Waals surface area contributed by atoms with Gasteiger partial charge >= 0.3 is 0 Å². The largest absolute Gasteiger partial charge is 0.445 e. The summed E-state index contributed by atoms with van der Waals surface area (Å²) in [5.41, 5.74) is 7.03. The standard InChI is InChI=1S/C17H21O2.Y/c1-8(2)14-13(7)17(18)19-16-12(6)10(4)9(3)11(5)15(14)16;/h1-7H3;/q-1;. The topological polar surface area (TPSA) is 30.2 Å². The molecule has 0 unspecified atom stereocenters. The molecular weight excluding hydrogens is 325 g/mol. The molecule has 3 heteroatoms. The van der Waals surface area contributed by atoms with Crippen molar-refractivity contribution in [2.45, 2.75) is 48.5 Å². The summed E-state index contributed by atoms with van der Waals surface area (Å²) in [6.07, 6.45) is 0. The minimum atomic E-state index is -0.227. The maximum atomic E-state index is 12.0. The van der Waals surface area contributed by atoms with Crippen molar-refractivity contribution >= 4 is 11.0 Å². The molecule has 2 rings (SSSR count). The van der Waals surface area contributed by atoms with Crippen molar-refractivity contribution < 1.29 is 37.1 Å². The van der Waals surface area contributed by atoms with Gasteiger partial charge < -0.3 is 4.42 Å². The van der Waals surface area contributed by atoms with E-state index in [1.165, 1.54) is 16.7 Å². The van der Waals surface area contributed by atoms with Crippen LogP contribution < -0.4 is 5.63 Å². The van der Waals surface area contributed by atoms with Crippen LogP contribution in [0.5, 0.6) is 0 Å². The average molecular weight is 346 g/mol. The monoisotopic (exact) mass is 346 g/mol. The molecule has 1 radical (unpaired) electrons. The molecule has 0 fully saturated rings. The van der Waals surface area contributed by atoms with E-state index in [1.807, 2.05) is 27.7 Å². The number of rotatable bonds is 1. The van der Waals surface area contributed by atoms with Gasteiger partial charge in [0.05, 0.1) is 5.58 Å². The zero-order valence-corrected chi connectivity index (χ0v) is 16.2. The zero-order valence-electron chi connectivity index (χ0n) is 13.4. The van der Waals surface area contributed by atoms with E-state index in [0.29, 0.717) is 5.56 Å². The van der Waals surface area contributed by atoms with Gasteiger partial charge in [0, 0.05) is 32.7 Å². The third-order valence-corrected chi connectivity index (χ3v) is 4.26. The van der Waals surface area contributed by atoms with Crippen molar-refractivity contribution in [2.24, 2.45) is 0 Å². The molecule has 0 spiro atoms. The Hall–Kier alpha value is -0.596. The van der Waals surface area contributed by atoms with Gasteiger partial charge in [-0.1, -0.05) is 49.8 Å². The molecule has 0 saturated carbocycles. The molecule has 0 N–H and O–H groups in total. The van der Waals surface area contributed by atoms with Gasteiger partial charge in [-0.2, -0.15) is 11.5 Å². The van der Waals surface area contributed by atoms with Crippen LogP contribution in [0.4, 0.5) is 0 Å². The van der Waals surface area contributed by atoms with Crippen LogP contribution in [0.15, 0.2) is 9.21 Å². The summed E-state index contributed by atoms with van der Waals surface area (Å²) < 4.78 is 5.56. The Labute approximate surface area is 145 Å². The third kappa shape index (κ3) is 2.49. The van der Waals surface area contributed by atoms with Crippen LogP contribution in [0.1, 0.15) is 47.2 Å². The van der Waals surface area contributed by atoms with Gasteiger partial charge in [-0.25, -0.2) is 0 Å². The van der Waals surface area contributed by atoms with E-state index in [2.05, 4.69) is 20.8 Å². The summed E-state index contributed by atoms with van der Waals surface area (Å²) in [4.78, 5) is 12.0. The van der Waals surface area contributed by atoms with Crippen molar-refractivity contribution in [1.29, 1.82) is 0 Å². The van der Waals surface area contributed by atoms with Gasteiger partial charge in [0.2, 0.25) is 0 Å². The summed E-state index contributed by atoms with van der Waals surface area (Å²) in [5, 5.41) is 1.10. The molecule has 1 aromatic heterocycles. The summed E-state index contributed by atoms with van der Waals surface area (Å²) in [6.45, 7) is 14.3. The number of fused-ring (bicyclic) bond motifs is 1. The normalized spacial score (nSPS) is 10.6. The molecule has 20 heavy (non-hydrogen) atoms. The quantitative estimate of drug-likeness (QED) is 0.569. The molecule has 2 aromatic rings. The van der Waals surface area contributed by atoms with Crippen molar-refractivity contribution in [3.8, 4) is 0 Å². The predicted molar refractivity (Wildman–Crippen MR) is 79.9 cm³/mol. The molecule has 0 atom stereocenters. The second-order valence-corrected chi connectivity index (χ2v) is 5.59. The fourth-order valence-corrected chi connectivity index (χ4v) is 2.79. The molecule has 2 nitrogen and oxygen atoms in total. The summed E-state index contributed by atoms with van der Waals surface area (Å²) >= 11 is 0. The van der Waals surface area contributed by atoms with Gasteiger partial charge in [-0.05, 0) is 31.9 Å². The van der Waals surface area contributed by atoms with Crippen LogP contribution in [0, 0.1) is 40.5 Å². The van der Waals surface area contributed by atoms with E-state index in [1.54, 1.807) is 0 Å². The summed E-state index contributed by atoms with van der Waals surface area (Å²) in [6, 6.07) is 0. The van der Waals surface area contributed by atoms with Crippen molar-refractivity contribution in [3.63, 3.8) is 0 Å². The predicted octanol–water partition coefficient (Wildman–Crippen LogP) is 4.29. The molecule has 105 valence electrons. The fourth-order valence-electron chi connectivity index (χ4n) is 2.79.